The van der Waals surface area contributed by atoms with Gasteiger partial charge >= 0.3 is 0 Å². The van der Waals surface area contributed by atoms with Crippen LogP contribution in [0.1, 0.15) is 5.69 Å². The second-order valence-electron chi connectivity index (χ2n) is 8.86. The van der Waals surface area contributed by atoms with E-state index in [1.165, 1.54) is 6.08 Å². The van der Waals surface area contributed by atoms with Crippen LogP contribution >= 0.6 is 0 Å². The van der Waals surface area contributed by atoms with Gasteiger partial charge in [-0.3, -0.25) is 9.78 Å². The van der Waals surface area contributed by atoms with E-state index in [0.717, 1.165) is 41.4 Å². The second-order valence-corrected chi connectivity index (χ2v) is 8.86. The molecule has 4 aromatic rings. The number of fused-ring (bicyclic) bond motifs is 1. The zero-order chi connectivity index (χ0) is 26.5. The van der Waals surface area contributed by atoms with E-state index >= 15 is 0 Å². The molecule has 1 aromatic carbocycles. The number of anilines is 4. The molecular formula is C27H32N8O2. The summed E-state index contributed by atoms with van der Waals surface area (Å²) in [6.45, 7) is 7.15. The summed E-state index contributed by atoms with van der Waals surface area (Å²) in [5, 5.41) is 6.17. The Morgan fingerprint density at radius 2 is 1.92 bits per heavy atom. The first-order valence-corrected chi connectivity index (χ1v) is 11.8. The van der Waals surface area contributed by atoms with Crippen molar-refractivity contribution >= 4 is 34.4 Å². The van der Waals surface area contributed by atoms with Crippen LogP contribution in [0, 0.1) is 6.92 Å². The molecule has 0 aliphatic carbocycles. The van der Waals surface area contributed by atoms with Gasteiger partial charge in [0, 0.05) is 44.8 Å². The van der Waals surface area contributed by atoms with Crippen LogP contribution < -0.4 is 20.3 Å². The second kappa shape index (κ2) is 11.1. The van der Waals surface area contributed by atoms with E-state index in [1.54, 1.807) is 19.5 Å². The quantitative estimate of drug-likeness (QED) is 0.316. The first-order valence-electron chi connectivity index (χ1n) is 11.8. The zero-order valence-electron chi connectivity index (χ0n) is 21.8. The fraction of sp³-hybridized carbons (Fsp3) is 0.259. The van der Waals surface area contributed by atoms with Crippen LogP contribution in [0.25, 0.3) is 16.9 Å². The molecule has 0 fully saturated rings. The SMILES string of the molecule is C=CC(=O)Nc1cc(Nc2nccc(-c3ccc4c(C)nccn34)n2)c(OC)cc1N(C)CCN(C)C. The van der Waals surface area contributed by atoms with Crippen LogP contribution in [-0.2, 0) is 4.79 Å². The Labute approximate surface area is 216 Å². The van der Waals surface area contributed by atoms with E-state index in [4.69, 9.17) is 9.72 Å². The molecule has 0 atom stereocenters. The Morgan fingerprint density at radius 1 is 1.11 bits per heavy atom. The van der Waals surface area contributed by atoms with Crippen LogP contribution in [-0.4, -0.2) is 71.5 Å². The van der Waals surface area contributed by atoms with Crippen molar-refractivity contribution in [3.05, 3.63) is 67.3 Å². The summed E-state index contributed by atoms with van der Waals surface area (Å²) in [6, 6.07) is 9.60. The number of nitrogens with zero attached hydrogens (tertiary/aromatic N) is 6. The van der Waals surface area contributed by atoms with Crippen LogP contribution in [0.5, 0.6) is 5.75 Å². The summed E-state index contributed by atoms with van der Waals surface area (Å²) >= 11 is 0. The summed E-state index contributed by atoms with van der Waals surface area (Å²) < 4.78 is 7.75. The zero-order valence-corrected chi connectivity index (χ0v) is 21.8. The van der Waals surface area contributed by atoms with Crippen LogP contribution in [0.15, 0.2) is 61.6 Å². The first-order chi connectivity index (χ1) is 17.8. The van der Waals surface area contributed by atoms with Crippen molar-refractivity contribution in [1.82, 2.24) is 24.3 Å². The Kier molecular flexibility index (Phi) is 7.69. The molecule has 192 valence electrons. The molecule has 0 radical (unpaired) electrons. The number of amides is 1. The van der Waals surface area contributed by atoms with Gasteiger partial charge in [-0.15, -0.1) is 0 Å². The van der Waals surface area contributed by atoms with E-state index in [0.29, 0.717) is 23.1 Å². The number of carbonyl (C=O) groups excluding carboxylic acids is 1. The molecule has 10 heteroatoms. The van der Waals surface area contributed by atoms with Gasteiger partial charge in [0.15, 0.2) is 0 Å². The molecule has 0 saturated heterocycles. The third-order valence-corrected chi connectivity index (χ3v) is 5.99. The highest BCUT2D eigenvalue weighted by molar-refractivity contribution is 6.02. The number of benzene rings is 1. The van der Waals surface area contributed by atoms with Gasteiger partial charge in [0.25, 0.3) is 0 Å². The molecule has 2 N–H and O–H groups in total. The van der Waals surface area contributed by atoms with Crippen molar-refractivity contribution in [2.45, 2.75) is 6.92 Å². The number of likely N-dealkylation sites (N-methyl/N-ethyl adjacent to an activating group) is 2. The largest absolute Gasteiger partial charge is 0.494 e. The Morgan fingerprint density at radius 3 is 2.65 bits per heavy atom. The maximum Gasteiger partial charge on any atom is 0.247 e. The third kappa shape index (κ3) is 5.70. The van der Waals surface area contributed by atoms with E-state index in [2.05, 4.69) is 41.4 Å². The molecule has 1 amide bonds. The van der Waals surface area contributed by atoms with Crippen molar-refractivity contribution < 1.29 is 9.53 Å². The third-order valence-electron chi connectivity index (χ3n) is 5.99. The Hall–Kier alpha value is -4.44. The predicted octanol–water partition coefficient (Wildman–Crippen LogP) is 3.97. The van der Waals surface area contributed by atoms with Crippen molar-refractivity contribution in [2.24, 2.45) is 0 Å². The fourth-order valence-corrected chi connectivity index (χ4v) is 3.98. The smallest absolute Gasteiger partial charge is 0.247 e. The minimum atomic E-state index is -0.304. The van der Waals surface area contributed by atoms with Crippen LogP contribution in [0.4, 0.5) is 23.0 Å². The van der Waals surface area contributed by atoms with E-state index in [9.17, 15) is 4.79 Å². The molecule has 0 saturated carbocycles. The molecule has 37 heavy (non-hydrogen) atoms. The lowest BCUT2D eigenvalue weighted by Gasteiger charge is -2.26. The maximum absolute atomic E-state index is 12.2. The minimum Gasteiger partial charge on any atom is -0.494 e. The number of methoxy groups -OCH3 is 1. The molecule has 0 bridgehead atoms. The summed E-state index contributed by atoms with van der Waals surface area (Å²) in [7, 11) is 7.61. The molecular weight excluding hydrogens is 468 g/mol. The van der Waals surface area contributed by atoms with Gasteiger partial charge in [-0.05, 0) is 51.4 Å². The van der Waals surface area contributed by atoms with Gasteiger partial charge in [-0.1, -0.05) is 6.58 Å². The van der Waals surface area contributed by atoms with E-state index in [-0.39, 0.29) is 5.91 Å². The summed E-state index contributed by atoms with van der Waals surface area (Å²) in [5.74, 6) is 0.680. The molecule has 3 heterocycles. The lowest BCUT2D eigenvalue weighted by molar-refractivity contribution is -0.111. The van der Waals surface area contributed by atoms with Gasteiger partial charge < -0.3 is 29.6 Å². The van der Waals surface area contributed by atoms with Crippen LogP contribution in [0.2, 0.25) is 0 Å². The highest BCUT2D eigenvalue weighted by Crippen LogP contribution is 2.38. The summed E-state index contributed by atoms with van der Waals surface area (Å²) in [5.41, 5.74) is 5.68. The Balaban J connectivity index is 1.70. The van der Waals surface area contributed by atoms with Gasteiger partial charge in [0.2, 0.25) is 11.9 Å². The molecule has 3 aromatic heterocycles. The number of ether oxygens (including phenoxy) is 1. The number of hydrogen-bond acceptors (Lipinski definition) is 8. The van der Waals surface area contributed by atoms with Gasteiger partial charge in [0.1, 0.15) is 5.75 Å². The number of carbonyl (C=O) groups is 1. The number of nitrogens with one attached hydrogen (secondary N) is 2. The van der Waals surface area contributed by atoms with Crippen molar-refractivity contribution in [3.8, 4) is 17.1 Å². The molecule has 0 unspecified atom stereocenters. The number of aromatic nitrogens is 4. The summed E-state index contributed by atoms with van der Waals surface area (Å²) in [6.07, 6.45) is 6.63. The molecule has 0 aliphatic heterocycles. The molecule has 0 spiro atoms. The predicted molar refractivity (Wildman–Crippen MR) is 148 cm³/mol. The van der Waals surface area contributed by atoms with Gasteiger partial charge in [-0.2, -0.15) is 0 Å². The molecule has 0 aliphatic rings. The normalized spacial score (nSPS) is 11.0. The van der Waals surface area contributed by atoms with Crippen molar-refractivity contribution in [1.29, 1.82) is 0 Å². The Bertz CT molecular complexity index is 1430. The van der Waals surface area contributed by atoms with E-state index < -0.39 is 0 Å². The number of aryl methyl sites for hydroxylation is 1. The monoisotopic (exact) mass is 500 g/mol. The average Bonchev–Trinajstić information content (AvgIpc) is 3.33. The highest BCUT2D eigenvalue weighted by atomic mass is 16.5. The van der Waals surface area contributed by atoms with Crippen molar-refractivity contribution in [2.75, 3.05) is 56.9 Å². The lowest BCUT2D eigenvalue weighted by atomic mass is 10.2. The average molecular weight is 501 g/mol. The molecule has 10 nitrogen and oxygen atoms in total. The number of rotatable bonds is 10. The van der Waals surface area contributed by atoms with Gasteiger partial charge in [-0.25, -0.2) is 9.97 Å². The lowest BCUT2D eigenvalue weighted by Crippen LogP contribution is -2.29. The number of hydrogen-bond donors (Lipinski definition) is 2. The molecule has 4 rings (SSSR count). The highest BCUT2D eigenvalue weighted by Gasteiger charge is 2.17. The maximum atomic E-state index is 12.2. The fourth-order valence-electron chi connectivity index (χ4n) is 3.98. The first kappa shape index (κ1) is 25.6. The standard InChI is InChI=1S/C27H32N8O2/c1-7-26(36)30-20-16-21(25(37-6)17-24(20)34(5)15-14-33(3)4)32-27-29-11-10-19(31-27)23-9-8-22-18(2)28-12-13-35(22)23/h7-13,16-17H,1,14-15H2,2-6H3,(H,30,36)(H,29,31,32). The van der Waals surface area contributed by atoms with Crippen LogP contribution in [0.3, 0.4) is 0 Å². The minimum absolute atomic E-state index is 0.304. The van der Waals surface area contributed by atoms with E-state index in [1.807, 2.05) is 64.6 Å². The summed E-state index contributed by atoms with van der Waals surface area (Å²) in [4.78, 5) is 29.9. The van der Waals surface area contributed by atoms with Crippen molar-refractivity contribution in [3.63, 3.8) is 0 Å². The topological polar surface area (TPSA) is 99.9 Å². The van der Waals surface area contributed by atoms with Gasteiger partial charge in [0.05, 0.1) is 46.8 Å².